The van der Waals surface area contributed by atoms with E-state index in [-0.39, 0.29) is 11.8 Å². The molecule has 0 aromatic heterocycles. The van der Waals surface area contributed by atoms with Crippen molar-refractivity contribution in [1.82, 2.24) is 0 Å². The molecule has 1 N–H and O–H groups in total. The van der Waals surface area contributed by atoms with Crippen LogP contribution in [0.15, 0.2) is 18.2 Å². The van der Waals surface area contributed by atoms with E-state index in [1.807, 2.05) is 18.2 Å². The van der Waals surface area contributed by atoms with Crippen LogP contribution in [-0.2, 0) is 4.79 Å². The van der Waals surface area contributed by atoms with Gasteiger partial charge in [-0.15, -0.1) is 0 Å². The maximum absolute atomic E-state index is 11.9. The van der Waals surface area contributed by atoms with Gasteiger partial charge in [-0.05, 0) is 18.1 Å². The Bertz CT molecular complexity index is 431. The van der Waals surface area contributed by atoms with Crippen LogP contribution in [0.2, 0.25) is 5.02 Å². The predicted octanol–water partition coefficient (Wildman–Crippen LogP) is 4.74. The van der Waals surface area contributed by atoms with Crippen LogP contribution in [0.1, 0.15) is 56.9 Å². The minimum atomic E-state index is 0.000302. The van der Waals surface area contributed by atoms with Crippen LogP contribution in [0.3, 0.4) is 0 Å². The minimum absolute atomic E-state index is 0.000302. The lowest BCUT2D eigenvalue weighted by Crippen LogP contribution is -2.11. The summed E-state index contributed by atoms with van der Waals surface area (Å²) >= 11 is 6.09. The Morgan fingerprint density at radius 3 is 2.78 bits per heavy atom. The molecule has 1 aliphatic rings. The zero-order chi connectivity index (χ0) is 13.0. The average Bonchev–Trinajstić information content (AvgIpc) is 2.68. The molecule has 3 heteroatoms. The molecule has 1 heterocycles. The lowest BCUT2D eigenvalue weighted by atomic mass is 9.94. The number of carbonyl (C=O) groups is 1. The largest absolute Gasteiger partial charge is 0.324 e. The fourth-order valence-corrected chi connectivity index (χ4v) is 2.78. The molecule has 1 amide bonds. The first kappa shape index (κ1) is 13.4. The molecule has 2 nitrogen and oxygen atoms in total. The van der Waals surface area contributed by atoms with Gasteiger partial charge in [-0.2, -0.15) is 0 Å². The van der Waals surface area contributed by atoms with E-state index < -0.39 is 0 Å². The van der Waals surface area contributed by atoms with E-state index in [4.69, 9.17) is 11.6 Å². The van der Waals surface area contributed by atoms with Crippen LogP contribution in [-0.4, -0.2) is 5.91 Å². The van der Waals surface area contributed by atoms with Crippen molar-refractivity contribution < 1.29 is 4.79 Å². The number of fused-ring (bicyclic) bond motifs is 1. The van der Waals surface area contributed by atoms with Gasteiger partial charge in [0.1, 0.15) is 0 Å². The van der Waals surface area contributed by atoms with Crippen LogP contribution in [0, 0.1) is 0 Å². The molecule has 2 rings (SSSR count). The number of rotatable bonds is 6. The van der Waals surface area contributed by atoms with Gasteiger partial charge >= 0.3 is 0 Å². The second-order valence-corrected chi connectivity index (χ2v) is 5.36. The molecule has 1 aromatic carbocycles. The van der Waals surface area contributed by atoms with E-state index in [1.165, 1.54) is 25.7 Å². The van der Waals surface area contributed by atoms with Crippen molar-refractivity contribution in [3.05, 3.63) is 28.8 Å². The highest BCUT2D eigenvalue weighted by Gasteiger charge is 2.30. The van der Waals surface area contributed by atoms with Crippen LogP contribution in [0.5, 0.6) is 0 Å². The summed E-state index contributed by atoms with van der Waals surface area (Å²) < 4.78 is 0. The van der Waals surface area contributed by atoms with Gasteiger partial charge in [0, 0.05) is 0 Å². The molecule has 0 fully saturated rings. The molecule has 0 aliphatic carbocycles. The van der Waals surface area contributed by atoms with Crippen LogP contribution in [0.4, 0.5) is 5.69 Å². The number of halogens is 1. The Kier molecular flexibility index (Phi) is 4.65. The van der Waals surface area contributed by atoms with E-state index in [0.717, 1.165) is 24.1 Å². The van der Waals surface area contributed by atoms with Crippen molar-refractivity contribution in [2.45, 2.75) is 51.4 Å². The molecule has 0 saturated heterocycles. The molecule has 0 bridgehead atoms. The summed E-state index contributed by atoms with van der Waals surface area (Å²) in [4.78, 5) is 11.9. The SMILES string of the molecule is CCCCCCCC1C(=O)Nc2c(Cl)cccc21. The molecule has 1 atom stereocenters. The van der Waals surface area contributed by atoms with Crippen molar-refractivity contribution in [3.63, 3.8) is 0 Å². The number of hydrogen-bond donors (Lipinski definition) is 1. The zero-order valence-corrected chi connectivity index (χ0v) is 11.6. The molecule has 0 spiro atoms. The molecule has 1 aromatic rings. The summed E-state index contributed by atoms with van der Waals surface area (Å²) in [5, 5.41) is 3.54. The minimum Gasteiger partial charge on any atom is -0.324 e. The maximum Gasteiger partial charge on any atom is 0.232 e. The number of amides is 1. The van der Waals surface area contributed by atoms with Crippen molar-refractivity contribution >= 4 is 23.2 Å². The molecular formula is C15H20ClNO. The van der Waals surface area contributed by atoms with Crippen molar-refractivity contribution in [3.8, 4) is 0 Å². The lowest BCUT2D eigenvalue weighted by Gasteiger charge is -2.08. The molecular weight excluding hydrogens is 246 g/mol. The first-order valence-corrected chi connectivity index (χ1v) is 7.21. The predicted molar refractivity (Wildman–Crippen MR) is 76.2 cm³/mol. The number of para-hydroxylation sites is 1. The number of benzene rings is 1. The summed E-state index contributed by atoms with van der Waals surface area (Å²) in [6, 6.07) is 5.76. The summed E-state index contributed by atoms with van der Waals surface area (Å²) in [5.74, 6) is 0.105. The summed E-state index contributed by atoms with van der Waals surface area (Å²) in [6.45, 7) is 2.21. The molecule has 1 aliphatic heterocycles. The fraction of sp³-hybridized carbons (Fsp3) is 0.533. The second-order valence-electron chi connectivity index (χ2n) is 4.95. The fourth-order valence-electron chi connectivity index (χ4n) is 2.55. The topological polar surface area (TPSA) is 29.1 Å². The highest BCUT2D eigenvalue weighted by molar-refractivity contribution is 6.34. The van der Waals surface area contributed by atoms with Gasteiger partial charge in [-0.25, -0.2) is 0 Å². The van der Waals surface area contributed by atoms with Gasteiger partial charge in [-0.1, -0.05) is 62.8 Å². The Morgan fingerprint density at radius 1 is 1.22 bits per heavy atom. The monoisotopic (exact) mass is 265 g/mol. The highest BCUT2D eigenvalue weighted by atomic mass is 35.5. The third kappa shape index (κ3) is 2.86. The third-order valence-corrected chi connectivity index (χ3v) is 3.90. The Morgan fingerprint density at radius 2 is 2.00 bits per heavy atom. The lowest BCUT2D eigenvalue weighted by molar-refractivity contribution is -0.117. The van der Waals surface area contributed by atoms with Crippen molar-refractivity contribution in [2.75, 3.05) is 5.32 Å². The van der Waals surface area contributed by atoms with Gasteiger partial charge in [0.25, 0.3) is 0 Å². The van der Waals surface area contributed by atoms with Gasteiger partial charge in [0.15, 0.2) is 0 Å². The number of unbranched alkanes of at least 4 members (excludes halogenated alkanes) is 4. The molecule has 0 radical (unpaired) electrons. The van der Waals surface area contributed by atoms with Gasteiger partial charge in [0.2, 0.25) is 5.91 Å². The summed E-state index contributed by atoms with van der Waals surface area (Å²) in [5.41, 5.74) is 1.89. The second kappa shape index (κ2) is 6.24. The van der Waals surface area contributed by atoms with E-state index in [2.05, 4.69) is 12.2 Å². The first-order chi connectivity index (χ1) is 8.74. The number of hydrogen-bond acceptors (Lipinski definition) is 1. The molecule has 18 heavy (non-hydrogen) atoms. The quantitative estimate of drug-likeness (QED) is 0.740. The van der Waals surface area contributed by atoms with Crippen LogP contribution < -0.4 is 5.32 Å². The summed E-state index contributed by atoms with van der Waals surface area (Å²) in [7, 11) is 0. The molecule has 98 valence electrons. The maximum atomic E-state index is 11.9. The van der Waals surface area contributed by atoms with E-state index >= 15 is 0 Å². The standard InChI is InChI=1S/C15H20ClNO/c1-2-3-4-5-6-8-12-11-9-7-10-13(16)14(11)17-15(12)18/h7,9-10,12H,2-6,8H2,1H3,(H,17,18). The zero-order valence-electron chi connectivity index (χ0n) is 10.8. The summed E-state index contributed by atoms with van der Waals surface area (Å²) in [6.07, 6.45) is 7.08. The number of nitrogens with one attached hydrogen (secondary N) is 1. The van der Waals surface area contributed by atoms with Crippen molar-refractivity contribution in [1.29, 1.82) is 0 Å². The molecule has 1 unspecified atom stereocenters. The normalized spacial score (nSPS) is 17.7. The smallest absolute Gasteiger partial charge is 0.232 e. The van der Waals surface area contributed by atoms with E-state index in [0.29, 0.717) is 5.02 Å². The third-order valence-electron chi connectivity index (χ3n) is 3.58. The number of anilines is 1. The number of carbonyl (C=O) groups excluding carboxylic acids is 1. The van der Waals surface area contributed by atoms with Crippen LogP contribution in [0.25, 0.3) is 0 Å². The van der Waals surface area contributed by atoms with Crippen molar-refractivity contribution in [2.24, 2.45) is 0 Å². The van der Waals surface area contributed by atoms with Crippen LogP contribution >= 0.6 is 11.6 Å². The van der Waals surface area contributed by atoms with E-state index in [1.54, 1.807) is 0 Å². The Hall–Kier alpha value is -1.02. The Balaban J connectivity index is 1.94. The van der Waals surface area contributed by atoms with Gasteiger partial charge < -0.3 is 5.32 Å². The highest BCUT2D eigenvalue weighted by Crippen LogP contribution is 2.39. The molecule has 0 saturated carbocycles. The van der Waals surface area contributed by atoms with Gasteiger partial charge in [-0.3, -0.25) is 4.79 Å². The first-order valence-electron chi connectivity index (χ1n) is 6.83. The Labute approximate surface area is 114 Å². The average molecular weight is 266 g/mol. The van der Waals surface area contributed by atoms with Gasteiger partial charge in [0.05, 0.1) is 16.6 Å². The van der Waals surface area contributed by atoms with E-state index in [9.17, 15) is 4.79 Å².